The molecule has 2 aliphatic heterocycles. The van der Waals surface area contributed by atoms with E-state index in [2.05, 4.69) is 5.32 Å². The summed E-state index contributed by atoms with van der Waals surface area (Å²) in [5.41, 5.74) is 0.741. The highest BCUT2D eigenvalue weighted by molar-refractivity contribution is 5.73. The summed E-state index contributed by atoms with van der Waals surface area (Å²) in [7, 11) is 1.41. The minimum atomic E-state index is -1.10. The number of benzene rings is 1. The fourth-order valence-corrected chi connectivity index (χ4v) is 2.83. The molecule has 0 aromatic heterocycles. The van der Waals surface area contributed by atoms with Crippen LogP contribution in [0.4, 0.5) is 0 Å². The fourth-order valence-electron chi connectivity index (χ4n) is 2.83. The van der Waals surface area contributed by atoms with Gasteiger partial charge in [0.05, 0.1) is 7.95 Å². The number of ether oxygens (including phenoxy) is 4. The molecule has 1 aromatic carbocycles. The van der Waals surface area contributed by atoms with Crippen LogP contribution in [-0.4, -0.2) is 55.4 Å². The van der Waals surface area contributed by atoms with E-state index in [-0.39, 0.29) is 5.91 Å². The van der Waals surface area contributed by atoms with Crippen LogP contribution >= 0.6 is 0 Å². The highest BCUT2D eigenvalue weighted by Crippen LogP contribution is 2.34. The van der Waals surface area contributed by atoms with Crippen molar-refractivity contribution in [2.24, 2.45) is 0 Å². The van der Waals surface area contributed by atoms with Gasteiger partial charge in [-0.15, -0.1) is 0 Å². The molecule has 7 nitrogen and oxygen atoms in total. The lowest BCUT2D eigenvalue weighted by Crippen LogP contribution is -2.66. The van der Waals surface area contributed by atoms with E-state index in [1.807, 2.05) is 30.3 Å². The van der Waals surface area contributed by atoms with E-state index in [1.54, 1.807) is 0 Å². The zero-order valence-corrected chi connectivity index (χ0v) is 12.9. The molecule has 7 atom stereocenters. The third kappa shape index (κ3) is 3.39. The number of fused-ring (bicyclic) bond motifs is 1. The van der Waals surface area contributed by atoms with Crippen molar-refractivity contribution in [3.63, 3.8) is 0 Å². The molecular formula is C16H21NO6. The molecule has 23 heavy (non-hydrogen) atoms. The first-order chi connectivity index (χ1) is 11.5. The molecule has 3 rings (SSSR count). The highest BCUT2D eigenvalue weighted by atomic mass is 16.7. The molecule has 126 valence electrons. The van der Waals surface area contributed by atoms with E-state index in [1.165, 1.54) is 14.0 Å². The number of aliphatic hydroxyl groups is 1. The van der Waals surface area contributed by atoms with E-state index >= 15 is 0 Å². The zero-order valence-electron chi connectivity index (χ0n) is 13.9. The third-order valence-electron chi connectivity index (χ3n) is 3.90. The second-order valence-corrected chi connectivity index (χ2v) is 5.54. The van der Waals surface area contributed by atoms with Crippen LogP contribution in [0.1, 0.15) is 20.1 Å². The molecule has 0 spiro atoms. The Hall–Kier alpha value is -1.51. The van der Waals surface area contributed by atoms with Crippen molar-refractivity contribution in [2.75, 3.05) is 13.7 Å². The zero-order chi connectivity index (χ0) is 17.3. The predicted molar refractivity (Wildman–Crippen MR) is 79.3 cm³/mol. The van der Waals surface area contributed by atoms with Crippen molar-refractivity contribution in [1.29, 1.82) is 0 Å². The molecule has 0 bridgehead atoms. The lowest BCUT2D eigenvalue weighted by molar-refractivity contribution is -0.341. The average Bonchev–Trinajstić information content (AvgIpc) is 2.58. The Morgan fingerprint density at radius 2 is 2.13 bits per heavy atom. The van der Waals surface area contributed by atoms with E-state index in [0.29, 0.717) is 0 Å². The van der Waals surface area contributed by atoms with Crippen molar-refractivity contribution in [1.82, 2.24) is 5.32 Å². The summed E-state index contributed by atoms with van der Waals surface area (Å²) in [5, 5.41) is 13.3. The molecule has 2 aliphatic rings. The van der Waals surface area contributed by atoms with E-state index in [0.717, 1.165) is 5.56 Å². The summed E-state index contributed by atoms with van der Waals surface area (Å²) in [6, 6.07) is 8.37. The summed E-state index contributed by atoms with van der Waals surface area (Å²) in [4.78, 5) is 11.4. The van der Waals surface area contributed by atoms with Crippen molar-refractivity contribution in [3.8, 4) is 0 Å². The first kappa shape index (κ1) is 15.0. The molecular weight excluding hydrogens is 302 g/mol. The summed E-state index contributed by atoms with van der Waals surface area (Å²) in [5.74, 6) is -0.322. The van der Waals surface area contributed by atoms with Crippen LogP contribution in [-0.2, 0) is 23.7 Å². The fraction of sp³-hybridized carbons (Fsp3) is 0.562. The Morgan fingerprint density at radius 1 is 1.39 bits per heavy atom. The van der Waals surface area contributed by atoms with Crippen LogP contribution in [0, 0.1) is 0 Å². The summed E-state index contributed by atoms with van der Waals surface area (Å²) < 4.78 is 30.4. The maximum absolute atomic E-state index is 11.4. The largest absolute Gasteiger partial charge is 0.388 e. The maximum Gasteiger partial charge on any atom is 0.217 e. The Bertz CT molecular complexity index is 573. The second kappa shape index (κ2) is 6.94. The molecule has 0 unspecified atom stereocenters. The smallest absolute Gasteiger partial charge is 0.217 e. The standard InChI is InChI=1S/C16H21NO6/c1-9(18)17-12-13(19)14-11(22-16(12)20-2)8-21-15(23-14)10-6-4-3-5-7-10/h3-7,11-16,19H,8H2,1-2H3,(H,17,18)/t11-,12-,13-,14-,15-,16-/m1/s1/i8D/t8-,11-,12-,13-,14-,15-,16-. The van der Waals surface area contributed by atoms with Crippen LogP contribution in [0.3, 0.4) is 0 Å². The number of carbonyl (C=O) groups is 1. The third-order valence-corrected chi connectivity index (χ3v) is 3.90. The van der Waals surface area contributed by atoms with Gasteiger partial charge in [-0.2, -0.15) is 0 Å². The normalized spacial score (nSPS) is 40.8. The second-order valence-electron chi connectivity index (χ2n) is 5.54. The van der Waals surface area contributed by atoms with Gasteiger partial charge in [0.1, 0.15) is 24.4 Å². The minimum Gasteiger partial charge on any atom is -0.388 e. The van der Waals surface area contributed by atoms with E-state index in [4.69, 9.17) is 20.3 Å². The molecule has 2 heterocycles. The van der Waals surface area contributed by atoms with E-state index in [9.17, 15) is 9.90 Å². The number of amides is 1. The van der Waals surface area contributed by atoms with Crippen LogP contribution in [0.15, 0.2) is 30.3 Å². The topological polar surface area (TPSA) is 86.2 Å². The van der Waals surface area contributed by atoms with Gasteiger partial charge in [-0.1, -0.05) is 30.3 Å². The van der Waals surface area contributed by atoms with Gasteiger partial charge in [-0.25, -0.2) is 0 Å². The van der Waals surface area contributed by atoms with Crippen molar-refractivity contribution in [3.05, 3.63) is 35.9 Å². The molecule has 2 fully saturated rings. The van der Waals surface area contributed by atoms with Gasteiger partial charge in [-0.3, -0.25) is 4.79 Å². The van der Waals surface area contributed by atoms with E-state index < -0.39 is 43.5 Å². The summed E-state index contributed by atoms with van der Waals surface area (Å²) >= 11 is 0. The molecule has 0 radical (unpaired) electrons. The van der Waals surface area contributed by atoms with Crippen LogP contribution < -0.4 is 5.32 Å². The lowest BCUT2D eigenvalue weighted by Gasteiger charge is -2.47. The summed E-state index contributed by atoms with van der Waals surface area (Å²) in [6.07, 6.45) is -4.42. The molecule has 0 aliphatic carbocycles. The van der Waals surface area contributed by atoms with Crippen LogP contribution in [0.5, 0.6) is 0 Å². The number of nitrogens with one attached hydrogen (secondary N) is 1. The molecule has 2 saturated heterocycles. The van der Waals surface area contributed by atoms with Gasteiger partial charge >= 0.3 is 0 Å². The number of hydrogen-bond donors (Lipinski definition) is 2. The van der Waals surface area contributed by atoms with Gasteiger partial charge in [0, 0.05) is 19.6 Å². The monoisotopic (exact) mass is 324 g/mol. The molecule has 2 N–H and O–H groups in total. The first-order valence-corrected chi connectivity index (χ1v) is 7.43. The van der Waals surface area contributed by atoms with Gasteiger partial charge in [-0.05, 0) is 0 Å². The van der Waals surface area contributed by atoms with Crippen molar-refractivity contribution >= 4 is 5.91 Å². The lowest BCUT2D eigenvalue weighted by atomic mass is 9.95. The first-order valence-electron chi connectivity index (χ1n) is 8.00. The molecule has 1 aromatic rings. The summed E-state index contributed by atoms with van der Waals surface area (Å²) in [6.45, 7) is 0.288. The van der Waals surface area contributed by atoms with Gasteiger partial charge in [0.15, 0.2) is 12.6 Å². The quantitative estimate of drug-likeness (QED) is 0.834. The SMILES string of the molecule is [2H][C@H]1O[C@@H](c2ccccc2)O[C@H]2[C@H](O)[C@@H](NC(C)=O)[C@H](OC)O[C@@H]21. The molecule has 1 amide bonds. The molecule has 7 heteroatoms. The Morgan fingerprint density at radius 3 is 2.78 bits per heavy atom. The average molecular weight is 324 g/mol. The number of aliphatic hydroxyl groups excluding tert-OH is 1. The van der Waals surface area contributed by atoms with Gasteiger partial charge in [0.2, 0.25) is 5.91 Å². The van der Waals surface area contributed by atoms with Crippen molar-refractivity contribution in [2.45, 2.75) is 43.9 Å². The number of rotatable bonds is 3. The van der Waals surface area contributed by atoms with Crippen LogP contribution in [0.2, 0.25) is 0 Å². The Kier molecular flexibility index (Phi) is 4.54. The maximum atomic E-state index is 11.4. The van der Waals surface area contributed by atoms with Gasteiger partial charge in [0.25, 0.3) is 0 Å². The number of carbonyl (C=O) groups excluding carboxylic acids is 1. The molecule has 0 saturated carbocycles. The Balaban J connectivity index is 1.82. The predicted octanol–water partition coefficient (Wildman–Crippen LogP) is 0.337. The van der Waals surface area contributed by atoms with Crippen LogP contribution in [0.25, 0.3) is 0 Å². The van der Waals surface area contributed by atoms with Gasteiger partial charge < -0.3 is 29.4 Å². The number of hydrogen-bond acceptors (Lipinski definition) is 6. The highest BCUT2D eigenvalue weighted by Gasteiger charge is 2.49. The van der Waals surface area contributed by atoms with Crippen molar-refractivity contribution < 1.29 is 30.2 Å². The minimum absolute atomic E-state index is 0.322. The number of methoxy groups -OCH3 is 1. The Labute approximate surface area is 135 Å².